The molecule has 26 heavy (non-hydrogen) atoms. The maximum atomic E-state index is 12.9. The summed E-state index contributed by atoms with van der Waals surface area (Å²) in [6, 6.07) is 10.9. The van der Waals surface area contributed by atoms with Crippen LogP contribution in [0.4, 0.5) is 5.69 Å². The van der Waals surface area contributed by atoms with Crippen LogP contribution in [-0.2, 0) is 4.79 Å². The van der Waals surface area contributed by atoms with Gasteiger partial charge in [-0.25, -0.2) is 0 Å². The van der Waals surface area contributed by atoms with E-state index in [1.165, 1.54) is 11.8 Å². The van der Waals surface area contributed by atoms with Gasteiger partial charge in [0.1, 0.15) is 0 Å². The molecule has 0 spiro atoms. The number of nitrogens with zero attached hydrogens (tertiary/aromatic N) is 1. The molecule has 0 aromatic heterocycles. The van der Waals surface area contributed by atoms with E-state index in [0.29, 0.717) is 21.6 Å². The van der Waals surface area contributed by atoms with Gasteiger partial charge in [0.05, 0.1) is 17.2 Å². The van der Waals surface area contributed by atoms with Crippen molar-refractivity contribution in [2.75, 3.05) is 11.5 Å². The molecule has 0 saturated carbocycles. The summed E-state index contributed by atoms with van der Waals surface area (Å²) in [6.45, 7) is 6.30. The zero-order valence-corrected chi connectivity index (χ0v) is 16.4. The van der Waals surface area contributed by atoms with Gasteiger partial charge in [0.2, 0.25) is 0 Å². The zero-order valence-electron chi connectivity index (χ0n) is 14.8. The van der Waals surface area contributed by atoms with Gasteiger partial charge < -0.3 is 9.84 Å². The molecule has 4 nitrogen and oxygen atoms in total. The zero-order chi connectivity index (χ0) is 18.8. The van der Waals surface area contributed by atoms with Crippen LogP contribution in [0.2, 0.25) is 0 Å². The molecule has 2 aromatic rings. The van der Waals surface area contributed by atoms with Crippen molar-refractivity contribution in [1.29, 1.82) is 0 Å². The van der Waals surface area contributed by atoms with Crippen LogP contribution in [0.25, 0.3) is 6.08 Å². The molecular weight excluding hydrogens is 366 g/mol. The number of aryl methyl sites for hydroxylation is 1. The molecule has 1 N–H and O–H groups in total. The minimum Gasteiger partial charge on any atom is -0.504 e. The molecule has 1 amide bonds. The molecule has 6 heteroatoms. The molecule has 1 fully saturated rings. The van der Waals surface area contributed by atoms with Gasteiger partial charge in [-0.2, -0.15) is 0 Å². The van der Waals surface area contributed by atoms with Gasteiger partial charge in [-0.3, -0.25) is 9.69 Å². The fourth-order valence-electron chi connectivity index (χ4n) is 2.70. The normalized spacial score (nSPS) is 15.8. The van der Waals surface area contributed by atoms with Crippen LogP contribution in [0.15, 0.2) is 41.3 Å². The second-order valence-electron chi connectivity index (χ2n) is 5.90. The Balaban J connectivity index is 1.95. The number of aromatic hydroxyl groups is 1. The van der Waals surface area contributed by atoms with Crippen LogP contribution >= 0.6 is 24.0 Å². The number of ether oxygens (including phenoxy) is 1. The number of thioether (sulfide) groups is 1. The molecule has 0 aliphatic carbocycles. The number of hydrogen-bond donors (Lipinski definition) is 1. The molecule has 2 aromatic carbocycles. The molecular formula is C20H19NO3S2. The highest BCUT2D eigenvalue weighted by Gasteiger charge is 2.34. The number of phenolic OH excluding ortho intramolecular Hbond substituents is 1. The third-order valence-corrected chi connectivity index (χ3v) is 5.49. The summed E-state index contributed by atoms with van der Waals surface area (Å²) in [4.78, 5) is 15.1. The highest BCUT2D eigenvalue weighted by molar-refractivity contribution is 8.27. The minimum absolute atomic E-state index is 0.0759. The van der Waals surface area contributed by atoms with Crippen molar-refractivity contribution in [3.63, 3.8) is 0 Å². The van der Waals surface area contributed by atoms with Crippen molar-refractivity contribution in [2.24, 2.45) is 0 Å². The van der Waals surface area contributed by atoms with Gasteiger partial charge in [-0.05, 0) is 61.7 Å². The van der Waals surface area contributed by atoms with Crippen molar-refractivity contribution >= 4 is 46.0 Å². The number of hydrogen-bond acceptors (Lipinski definition) is 5. The van der Waals surface area contributed by atoms with Crippen LogP contribution in [0.1, 0.15) is 23.6 Å². The van der Waals surface area contributed by atoms with Crippen LogP contribution in [0.5, 0.6) is 11.5 Å². The fraction of sp³-hybridized carbons (Fsp3) is 0.200. The molecule has 1 saturated heterocycles. The highest BCUT2D eigenvalue weighted by Crippen LogP contribution is 2.38. The third kappa shape index (κ3) is 3.48. The van der Waals surface area contributed by atoms with Crippen molar-refractivity contribution in [3.8, 4) is 11.5 Å². The van der Waals surface area contributed by atoms with Crippen LogP contribution < -0.4 is 9.64 Å². The monoisotopic (exact) mass is 385 g/mol. The number of carbonyl (C=O) groups is 1. The molecule has 1 aliphatic heterocycles. The number of amides is 1. The summed E-state index contributed by atoms with van der Waals surface area (Å²) in [5.41, 5.74) is 3.73. The Hall–Kier alpha value is -2.31. The summed E-state index contributed by atoms with van der Waals surface area (Å²) >= 11 is 6.72. The van der Waals surface area contributed by atoms with Crippen molar-refractivity contribution in [3.05, 3.63) is 58.0 Å². The van der Waals surface area contributed by atoms with Crippen molar-refractivity contribution in [1.82, 2.24) is 0 Å². The number of carbonyl (C=O) groups excluding carboxylic acids is 1. The lowest BCUT2D eigenvalue weighted by Crippen LogP contribution is -2.28. The summed E-state index contributed by atoms with van der Waals surface area (Å²) in [5.74, 6) is 0.331. The average molecular weight is 386 g/mol. The fourth-order valence-corrected chi connectivity index (χ4v) is 3.98. The van der Waals surface area contributed by atoms with E-state index in [1.807, 2.05) is 39.0 Å². The first-order chi connectivity index (χ1) is 12.4. The predicted molar refractivity (Wildman–Crippen MR) is 111 cm³/mol. The standard InChI is InChI=1S/C20H19NO3S2/c1-4-24-17-10-14(8-9-16(17)22)11-18-19(23)21(20(25)26-18)15-7-5-6-12(2)13(15)3/h5-11,22H,4H2,1-3H3/b18-11-. The van der Waals surface area contributed by atoms with Crippen LogP contribution in [-0.4, -0.2) is 21.9 Å². The molecule has 3 rings (SSSR count). The summed E-state index contributed by atoms with van der Waals surface area (Å²) in [6.07, 6.45) is 1.77. The molecule has 0 bridgehead atoms. The lowest BCUT2D eigenvalue weighted by molar-refractivity contribution is -0.113. The largest absolute Gasteiger partial charge is 0.504 e. The Bertz CT molecular complexity index is 921. The predicted octanol–water partition coefficient (Wildman–Crippen LogP) is 4.81. The minimum atomic E-state index is -0.139. The quantitative estimate of drug-likeness (QED) is 0.604. The van der Waals surface area contributed by atoms with Gasteiger partial charge in [0.25, 0.3) is 5.91 Å². The number of benzene rings is 2. The van der Waals surface area contributed by atoms with E-state index in [-0.39, 0.29) is 11.7 Å². The number of phenols is 1. The van der Waals surface area contributed by atoms with Crippen LogP contribution in [0, 0.1) is 13.8 Å². The van der Waals surface area contributed by atoms with Crippen molar-refractivity contribution < 1.29 is 14.6 Å². The first kappa shape index (κ1) is 18.5. The van der Waals surface area contributed by atoms with E-state index >= 15 is 0 Å². The van der Waals surface area contributed by atoms with E-state index in [2.05, 4.69) is 0 Å². The topological polar surface area (TPSA) is 49.8 Å². The Morgan fingerprint density at radius 1 is 1.27 bits per heavy atom. The summed E-state index contributed by atoms with van der Waals surface area (Å²) in [7, 11) is 0. The second kappa shape index (κ2) is 7.51. The average Bonchev–Trinajstić information content (AvgIpc) is 2.87. The molecule has 0 unspecified atom stereocenters. The summed E-state index contributed by atoms with van der Waals surface area (Å²) in [5, 5.41) is 9.82. The van der Waals surface area contributed by atoms with Gasteiger partial charge in [-0.1, -0.05) is 42.2 Å². The maximum absolute atomic E-state index is 12.9. The first-order valence-electron chi connectivity index (χ1n) is 8.22. The smallest absolute Gasteiger partial charge is 0.270 e. The Morgan fingerprint density at radius 2 is 2.04 bits per heavy atom. The lowest BCUT2D eigenvalue weighted by Gasteiger charge is -2.18. The Morgan fingerprint density at radius 3 is 2.77 bits per heavy atom. The second-order valence-corrected chi connectivity index (χ2v) is 7.57. The number of rotatable bonds is 4. The van der Waals surface area contributed by atoms with Crippen LogP contribution in [0.3, 0.4) is 0 Å². The van der Waals surface area contributed by atoms with Gasteiger partial charge in [-0.15, -0.1) is 0 Å². The van der Waals surface area contributed by atoms with Crippen molar-refractivity contribution in [2.45, 2.75) is 20.8 Å². The van der Waals surface area contributed by atoms with E-state index in [9.17, 15) is 9.90 Å². The van der Waals surface area contributed by atoms with E-state index in [0.717, 1.165) is 22.4 Å². The van der Waals surface area contributed by atoms with E-state index < -0.39 is 0 Å². The molecule has 1 aliphatic rings. The number of anilines is 1. The SMILES string of the molecule is CCOc1cc(/C=C2\SC(=S)N(c3cccc(C)c3C)C2=O)ccc1O. The van der Waals surface area contributed by atoms with Gasteiger partial charge >= 0.3 is 0 Å². The van der Waals surface area contributed by atoms with E-state index in [1.54, 1.807) is 29.2 Å². The molecule has 1 heterocycles. The van der Waals surface area contributed by atoms with Gasteiger partial charge in [0.15, 0.2) is 15.8 Å². The molecule has 0 radical (unpaired) electrons. The molecule has 0 atom stereocenters. The molecule has 134 valence electrons. The van der Waals surface area contributed by atoms with Gasteiger partial charge in [0, 0.05) is 0 Å². The maximum Gasteiger partial charge on any atom is 0.270 e. The number of thiocarbonyl (C=S) groups is 1. The third-order valence-electron chi connectivity index (χ3n) is 4.19. The first-order valence-corrected chi connectivity index (χ1v) is 9.44. The lowest BCUT2D eigenvalue weighted by atomic mass is 10.1. The van der Waals surface area contributed by atoms with E-state index in [4.69, 9.17) is 17.0 Å². The summed E-state index contributed by atoms with van der Waals surface area (Å²) < 4.78 is 5.91. The Labute approximate surface area is 162 Å². The Kier molecular flexibility index (Phi) is 5.34. The highest BCUT2D eigenvalue weighted by atomic mass is 32.2.